The minimum atomic E-state index is -0.455. The quantitative estimate of drug-likeness (QED) is 0.522. The van der Waals surface area contributed by atoms with Crippen molar-refractivity contribution >= 4 is 52.0 Å². The van der Waals surface area contributed by atoms with Gasteiger partial charge in [0.1, 0.15) is 0 Å². The predicted molar refractivity (Wildman–Crippen MR) is 132 cm³/mol. The fourth-order valence-electron chi connectivity index (χ4n) is 3.74. The first-order valence-corrected chi connectivity index (χ1v) is 12.2. The SMILES string of the molecule is CCc1cccc(NC(=O)[C@H]2CCCN(C(=O)c3nnc(C(=O)Nc4ccc(Cl)cc4)s3)C2)c1. The van der Waals surface area contributed by atoms with E-state index < -0.39 is 5.91 Å². The van der Waals surface area contributed by atoms with Gasteiger partial charge in [0.25, 0.3) is 11.8 Å². The maximum Gasteiger partial charge on any atom is 0.286 e. The second-order valence-corrected chi connectivity index (χ2v) is 9.42. The van der Waals surface area contributed by atoms with E-state index in [0.717, 1.165) is 29.0 Å². The molecule has 176 valence electrons. The Labute approximate surface area is 206 Å². The van der Waals surface area contributed by atoms with Crippen LogP contribution < -0.4 is 10.6 Å². The largest absolute Gasteiger partial charge is 0.336 e. The summed E-state index contributed by atoms with van der Waals surface area (Å²) in [5.41, 5.74) is 2.46. The maximum absolute atomic E-state index is 13.0. The number of hydrogen-bond acceptors (Lipinski definition) is 6. The fourth-order valence-corrected chi connectivity index (χ4v) is 4.58. The van der Waals surface area contributed by atoms with Crippen LogP contribution in [0, 0.1) is 5.92 Å². The van der Waals surface area contributed by atoms with Gasteiger partial charge < -0.3 is 15.5 Å². The lowest BCUT2D eigenvalue weighted by Crippen LogP contribution is -2.43. The minimum Gasteiger partial charge on any atom is -0.336 e. The summed E-state index contributed by atoms with van der Waals surface area (Å²) in [5.74, 6) is -1.20. The highest BCUT2D eigenvalue weighted by Crippen LogP contribution is 2.23. The number of anilines is 2. The monoisotopic (exact) mass is 497 g/mol. The highest BCUT2D eigenvalue weighted by atomic mass is 35.5. The number of rotatable bonds is 6. The number of aromatic nitrogens is 2. The zero-order chi connectivity index (χ0) is 24.1. The number of nitrogens with zero attached hydrogens (tertiary/aromatic N) is 3. The number of piperidine rings is 1. The third kappa shape index (κ3) is 5.78. The van der Waals surface area contributed by atoms with E-state index in [4.69, 9.17) is 11.6 Å². The normalized spacial score (nSPS) is 15.6. The molecule has 0 aliphatic carbocycles. The molecule has 34 heavy (non-hydrogen) atoms. The van der Waals surface area contributed by atoms with Crippen LogP contribution in [0.2, 0.25) is 5.02 Å². The number of carbonyl (C=O) groups excluding carboxylic acids is 3. The molecule has 2 aromatic carbocycles. The summed E-state index contributed by atoms with van der Waals surface area (Å²) in [6.07, 6.45) is 2.30. The first kappa shape index (κ1) is 23.8. The zero-order valence-electron chi connectivity index (χ0n) is 18.6. The molecule has 2 N–H and O–H groups in total. The van der Waals surface area contributed by atoms with Crippen LogP contribution in [0.1, 0.15) is 44.9 Å². The molecule has 0 bridgehead atoms. The minimum absolute atomic E-state index is 0.0837. The van der Waals surface area contributed by atoms with Crippen molar-refractivity contribution in [2.75, 3.05) is 23.7 Å². The molecule has 10 heteroatoms. The van der Waals surface area contributed by atoms with Crippen molar-refractivity contribution in [2.24, 2.45) is 5.92 Å². The van der Waals surface area contributed by atoms with Crippen LogP contribution >= 0.6 is 22.9 Å². The lowest BCUT2D eigenvalue weighted by atomic mass is 9.97. The number of halogens is 1. The molecular weight excluding hydrogens is 474 g/mol. The van der Waals surface area contributed by atoms with Gasteiger partial charge in [-0.25, -0.2) is 0 Å². The van der Waals surface area contributed by atoms with E-state index in [9.17, 15) is 14.4 Å². The molecule has 1 aliphatic rings. The molecule has 1 atom stereocenters. The van der Waals surface area contributed by atoms with Crippen LogP contribution in [0.5, 0.6) is 0 Å². The van der Waals surface area contributed by atoms with E-state index in [0.29, 0.717) is 36.6 Å². The molecule has 3 amide bonds. The molecule has 4 rings (SSSR count). The van der Waals surface area contributed by atoms with E-state index in [1.165, 1.54) is 0 Å². The summed E-state index contributed by atoms with van der Waals surface area (Å²) in [4.78, 5) is 39.9. The molecule has 0 spiro atoms. The summed E-state index contributed by atoms with van der Waals surface area (Å²) >= 11 is 6.79. The first-order chi connectivity index (χ1) is 16.4. The number of carbonyl (C=O) groups is 3. The van der Waals surface area contributed by atoms with Crippen molar-refractivity contribution in [1.29, 1.82) is 0 Å². The zero-order valence-corrected chi connectivity index (χ0v) is 20.2. The van der Waals surface area contributed by atoms with Crippen molar-refractivity contribution in [3.8, 4) is 0 Å². The van der Waals surface area contributed by atoms with E-state index in [2.05, 4.69) is 27.8 Å². The Bertz CT molecular complexity index is 1200. The Kier molecular flexibility index (Phi) is 7.54. The van der Waals surface area contributed by atoms with Gasteiger partial charge in [-0.15, -0.1) is 10.2 Å². The van der Waals surface area contributed by atoms with Crippen molar-refractivity contribution < 1.29 is 14.4 Å². The van der Waals surface area contributed by atoms with Gasteiger partial charge in [-0.3, -0.25) is 14.4 Å². The van der Waals surface area contributed by atoms with Crippen molar-refractivity contribution in [3.63, 3.8) is 0 Å². The molecule has 1 saturated heterocycles. The second-order valence-electron chi connectivity index (χ2n) is 8.01. The number of hydrogen-bond donors (Lipinski definition) is 2. The molecule has 0 unspecified atom stereocenters. The maximum atomic E-state index is 13.0. The average molecular weight is 498 g/mol. The van der Waals surface area contributed by atoms with Gasteiger partial charge in [0.05, 0.1) is 5.92 Å². The third-order valence-electron chi connectivity index (χ3n) is 5.59. The van der Waals surface area contributed by atoms with Crippen LogP contribution in [0.15, 0.2) is 48.5 Å². The van der Waals surface area contributed by atoms with E-state index in [1.54, 1.807) is 29.2 Å². The average Bonchev–Trinajstić information content (AvgIpc) is 3.36. The van der Waals surface area contributed by atoms with Crippen molar-refractivity contribution in [1.82, 2.24) is 15.1 Å². The standard InChI is InChI=1S/C24H24ClN5O3S/c1-2-15-5-3-7-19(13-15)27-20(31)16-6-4-12-30(14-16)24(33)23-29-28-22(34-23)21(32)26-18-10-8-17(25)9-11-18/h3,5,7-11,13,16H,2,4,6,12,14H2,1H3,(H,26,32)(H,27,31)/t16-/m0/s1. The molecule has 2 heterocycles. The van der Waals surface area contributed by atoms with E-state index >= 15 is 0 Å². The Balaban J connectivity index is 1.37. The summed E-state index contributed by atoms with van der Waals surface area (Å²) < 4.78 is 0. The lowest BCUT2D eigenvalue weighted by Gasteiger charge is -2.31. The molecule has 1 aromatic heterocycles. The van der Waals surface area contributed by atoms with Crippen LogP contribution in [-0.4, -0.2) is 45.9 Å². The highest BCUT2D eigenvalue weighted by Gasteiger charge is 2.31. The van der Waals surface area contributed by atoms with Crippen molar-refractivity contribution in [2.45, 2.75) is 26.2 Å². The first-order valence-electron chi connectivity index (χ1n) is 11.0. The summed E-state index contributed by atoms with van der Waals surface area (Å²) in [7, 11) is 0. The predicted octanol–water partition coefficient (Wildman–Crippen LogP) is 4.50. The summed E-state index contributed by atoms with van der Waals surface area (Å²) in [5, 5.41) is 14.2. The summed E-state index contributed by atoms with van der Waals surface area (Å²) in [6, 6.07) is 14.4. The Morgan fingerprint density at radius 1 is 1.06 bits per heavy atom. The number of nitrogens with one attached hydrogen (secondary N) is 2. The molecule has 1 aliphatic heterocycles. The van der Waals surface area contributed by atoms with Gasteiger partial charge >= 0.3 is 0 Å². The van der Waals surface area contributed by atoms with Crippen LogP contribution in [0.3, 0.4) is 0 Å². The number of benzene rings is 2. The van der Waals surface area contributed by atoms with E-state index in [1.807, 2.05) is 24.3 Å². The number of amides is 3. The number of likely N-dealkylation sites (tertiary alicyclic amines) is 1. The Hall–Kier alpha value is -3.30. The molecule has 1 fully saturated rings. The summed E-state index contributed by atoms with van der Waals surface area (Å²) in [6.45, 7) is 2.88. The molecule has 8 nitrogen and oxygen atoms in total. The lowest BCUT2D eigenvalue weighted by molar-refractivity contribution is -0.121. The van der Waals surface area contributed by atoms with Gasteiger partial charge in [-0.2, -0.15) is 0 Å². The van der Waals surface area contributed by atoms with Crippen molar-refractivity contribution in [3.05, 3.63) is 69.1 Å². The molecular formula is C24H24ClN5O3S. The van der Waals surface area contributed by atoms with Gasteiger partial charge in [-0.05, 0) is 61.2 Å². The Morgan fingerprint density at radius 3 is 2.59 bits per heavy atom. The highest BCUT2D eigenvalue weighted by molar-refractivity contribution is 7.15. The fraction of sp³-hybridized carbons (Fsp3) is 0.292. The van der Waals surface area contributed by atoms with Crippen LogP contribution in [0.4, 0.5) is 11.4 Å². The second kappa shape index (κ2) is 10.8. The van der Waals surface area contributed by atoms with Gasteiger partial charge in [0, 0.05) is 29.5 Å². The smallest absolute Gasteiger partial charge is 0.286 e. The third-order valence-corrected chi connectivity index (χ3v) is 6.75. The van der Waals surface area contributed by atoms with Gasteiger partial charge in [0.2, 0.25) is 15.9 Å². The van der Waals surface area contributed by atoms with Crippen LogP contribution in [-0.2, 0) is 11.2 Å². The van der Waals surface area contributed by atoms with Gasteiger partial charge in [0.15, 0.2) is 0 Å². The topological polar surface area (TPSA) is 104 Å². The molecule has 3 aromatic rings. The van der Waals surface area contributed by atoms with Crippen LogP contribution in [0.25, 0.3) is 0 Å². The number of aryl methyl sites for hydroxylation is 1. The van der Waals surface area contributed by atoms with Gasteiger partial charge in [-0.1, -0.05) is 42.0 Å². The Morgan fingerprint density at radius 2 is 1.82 bits per heavy atom. The molecule has 0 radical (unpaired) electrons. The molecule has 0 saturated carbocycles. The van der Waals surface area contributed by atoms with E-state index in [-0.39, 0.29) is 27.7 Å².